The summed E-state index contributed by atoms with van der Waals surface area (Å²) in [5.41, 5.74) is 0. The van der Waals surface area contributed by atoms with Gasteiger partial charge in [-0.25, -0.2) is 13.1 Å². The standard InChI is InChI=1S/C9H22N2O2S/c1-3-4-5-6-7-10-8-9-11-14(2,12)13/h10-11H,3-9H2,1-2H3. The Morgan fingerprint density at radius 3 is 2.29 bits per heavy atom. The molecule has 0 fully saturated rings. The summed E-state index contributed by atoms with van der Waals surface area (Å²) in [6.07, 6.45) is 6.13. The minimum absolute atomic E-state index is 0.479. The zero-order chi connectivity index (χ0) is 10.9. The lowest BCUT2D eigenvalue weighted by Crippen LogP contribution is -2.31. The molecule has 5 heteroatoms. The molecule has 0 bridgehead atoms. The average Bonchev–Trinajstić information content (AvgIpc) is 2.08. The summed E-state index contributed by atoms with van der Waals surface area (Å²) < 4.78 is 23.8. The first-order valence-corrected chi connectivity index (χ1v) is 7.10. The summed E-state index contributed by atoms with van der Waals surface area (Å²) in [6.45, 7) is 4.35. The highest BCUT2D eigenvalue weighted by Crippen LogP contribution is 1.96. The van der Waals surface area contributed by atoms with Gasteiger partial charge in [0.05, 0.1) is 6.26 Å². The average molecular weight is 222 g/mol. The van der Waals surface area contributed by atoms with E-state index < -0.39 is 10.0 Å². The lowest BCUT2D eigenvalue weighted by Gasteiger charge is -2.04. The second-order valence-electron chi connectivity index (χ2n) is 3.48. The SMILES string of the molecule is CCCCCCNCCNS(C)(=O)=O. The molecule has 0 aliphatic rings. The Labute approximate surface area is 87.5 Å². The van der Waals surface area contributed by atoms with E-state index in [0.29, 0.717) is 13.1 Å². The zero-order valence-electron chi connectivity index (χ0n) is 9.17. The topological polar surface area (TPSA) is 58.2 Å². The fourth-order valence-corrected chi connectivity index (χ4v) is 1.60. The monoisotopic (exact) mass is 222 g/mol. The fourth-order valence-electron chi connectivity index (χ4n) is 1.13. The maximum atomic E-state index is 10.7. The van der Waals surface area contributed by atoms with Crippen LogP contribution in [0.25, 0.3) is 0 Å². The molecule has 2 N–H and O–H groups in total. The highest BCUT2D eigenvalue weighted by atomic mass is 32.2. The van der Waals surface area contributed by atoms with Crippen LogP contribution in [0.4, 0.5) is 0 Å². The van der Waals surface area contributed by atoms with Crippen molar-refractivity contribution in [3.8, 4) is 0 Å². The lowest BCUT2D eigenvalue weighted by molar-refractivity contribution is 0.572. The van der Waals surface area contributed by atoms with Crippen LogP contribution in [0.15, 0.2) is 0 Å². The second kappa shape index (κ2) is 8.20. The van der Waals surface area contributed by atoms with Gasteiger partial charge < -0.3 is 5.32 Å². The molecule has 0 amide bonds. The molecule has 0 radical (unpaired) electrons. The van der Waals surface area contributed by atoms with Crippen LogP contribution >= 0.6 is 0 Å². The van der Waals surface area contributed by atoms with Gasteiger partial charge in [-0.2, -0.15) is 0 Å². The second-order valence-corrected chi connectivity index (χ2v) is 5.31. The van der Waals surface area contributed by atoms with Gasteiger partial charge in [0.2, 0.25) is 10.0 Å². The summed E-state index contributed by atoms with van der Waals surface area (Å²) in [6, 6.07) is 0. The molecule has 0 spiro atoms. The molecule has 0 unspecified atom stereocenters. The van der Waals surface area contributed by atoms with Crippen molar-refractivity contribution in [2.24, 2.45) is 0 Å². The highest BCUT2D eigenvalue weighted by molar-refractivity contribution is 7.88. The molecule has 0 aromatic rings. The Morgan fingerprint density at radius 2 is 1.71 bits per heavy atom. The van der Waals surface area contributed by atoms with Crippen LogP contribution in [-0.4, -0.2) is 34.3 Å². The molecular formula is C9H22N2O2S. The maximum Gasteiger partial charge on any atom is 0.208 e. The van der Waals surface area contributed by atoms with Crippen molar-refractivity contribution >= 4 is 10.0 Å². The third-order valence-corrected chi connectivity index (χ3v) is 2.60. The van der Waals surface area contributed by atoms with Crippen LogP contribution < -0.4 is 10.0 Å². The van der Waals surface area contributed by atoms with Crippen molar-refractivity contribution < 1.29 is 8.42 Å². The normalized spacial score (nSPS) is 11.9. The molecule has 0 aliphatic carbocycles. The number of hydrogen-bond donors (Lipinski definition) is 2. The molecule has 86 valence electrons. The maximum absolute atomic E-state index is 10.7. The quantitative estimate of drug-likeness (QED) is 0.565. The van der Waals surface area contributed by atoms with Gasteiger partial charge in [-0.1, -0.05) is 26.2 Å². The van der Waals surface area contributed by atoms with Crippen LogP contribution in [0.1, 0.15) is 32.6 Å². The Kier molecular flexibility index (Phi) is 8.12. The van der Waals surface area contributed by atoms with E-state index in [1.54, 1.807) is 0 Å². The molecular weight excluding hydrogens is 200 g/mol. The molecule has 0 aliphatic heterocycles. The Bertz CT molecular complexity index is 215. The number of rotatable bonds is 9. The molecule has 0 rings (SSSR count). The number of sulfonamides is 1. The fraction of sp³-hybridized carbons (Fsp3) is 1.00. The predicted octanol–water partition coefficient (Wildman–Crippen LogP) is 0.706. The van der Waals surface area contributed by atoms with Crippen LogP contribution in [-0.2, 0) is 10.0 Å². The first-order chi connectivity index (χ1) is 6.56. The van der Waals surface area contributed by atoms with Gasteiger partial charge in [-0.3, -0.25) is 0 Å². The first kappa shape index (κ1) is 13.9. The van der Waals surface area contributed by atoms with Gasteiger partial charge in [-0.05, 0) is 13.0 Å². The van der Waals surface area contributed by atoms with Crippen molar-refractivity contribution in [3.05, 3.63) is 0 Å². The number of unbranched alkanes of at least 4 members (excludes halogenated alkanes) is 3. The van der Waals surface area contributed by atoms with Crippen LogP contribution in [0, 0.1) is 0 Å². The molecule has 0 aromatic carbocycles. The summed E-state index contributed by atoms with van der Waals surface area (Å²) in [5.74, 6) is 0. The molecule has 0 atom stereocenters. The third-order valence-electron chi connectivity index (χ3n) is 1.87. The third kappa shape index (κ3) is 11.9. The van der Waals surface area contributed by atoms with Crippen LogP contribution in [0.5, 0.6) is 0 Å². The van der Waals surface area contributed by atoms with Crippen molar-refractivity contribution in [2.45, 2.75) is 32.6 Å². The zero-order valence-corrected chi connectivity index (χ0v) is 9.99. The Balaban J connectivity index is 3.07. The first-order valence-electron chi connectivity index (χ1n) is 5.21. The Morgan fingerprint density at radius 1 is 1.00 bits per heavy atom. The van der Waals surface area contributed by atoms with Crippen molar-refractivity contribution in [2.75, 3.05) is 25.9 Å². The van der Waals surface area contributed by atoms with E-state index in [1.807, 2.05) is 0 Å². The van der Waals surface area contributed by atoms with E-state index in [-0.39, 0.29) is 0 Å². The lowest BCUT2D eigenvalue weighted by atomic mass is 10.2. The number of hydrogen-bond acceptors (Lipinski definition) is 3. The van der Waals surface area contributed by atoms with Gasteiger partial charge >= 0.3 is 0 Å². The minimum atomic E-state index is -3.02. The van der Waals surface area contributed by atoms with Gasteiger partial charge in [0, 0.05) is 13.1 Å². The smallest absolute Gasteiger partial charge is 0.208 e. The van der Waals surface area contributed by atoms with Gasteiger partial charge in [-0.15, -0.1) is 0 Å². The summed E-state index contributed by atoms with van der Waals surface area (Å²) >= 11 is 0. The van der Waals surface area contributed by atoms with E-state index >= 15 is 0 Å². The van der Waals surface area contributed by atoms with Gasteiger partial charge in [0.1, 0.15) is 0 Å². The molecule has 4 nitrogen and oxygen atoms in total. The molecule has 0 saturated heterocycles. The van der Waals surface area contributed by atoms with E-state index in [9.17, 15) is 8.42 Å². The molecule has 0 saturated carbocycles. The Hall–Kier alpha value is -0.130. The molecule has 0 aromatic heterocycles. The molecule has 14 heavy (non-hydrogen) atoms. The highest BCUT2D eigenvalue weighted by Gasteiger charge is 1.97. The molecule has 0 heterocycles. The van der Waals surface area contributed by atoms with E-state index in [4.69, 9.17) is 0 Å². The van der Waals surface area contributed by atoms with Crippen LogP contribution in [0.3, 0.4) is 0 Å². The van der Waals surface area contributed by atoms with Crippen molar-refractivity contribution in [1.82, 2.24) is 10.0 Å². The minimum Gasteiger partial charge on any atom is -0.315 e. The predicted molar refractivity (Wildman–Crippen MR) is 59.9 cm³/mol. The van der Waals surface area contributed by atoms with E-state index in [0.717, 1.165) is 6.54 Å². The van der Waals surface area contributed by atoms with E-state index in [2.05, 4.69) is 17.0 Å². The summed E-state index contributed by atoms with van der Waals surface area (Å²) in [4.78, 5) is 0. The van der Waals surface area contributed by atoms with Gasteiger partial charge in [0.25, 0.3) is 0 Å². The van der Waals surface area contributed by atoms with Crippen LogP contribution in [0.2, 0.25) is 0 Å². The van der Waals surface area contributed by atoms with Crippen molar-refractivity contribution in [1.29, 1.82) is 0 Å². The summed E-state index contributed by atoms with van der Waals surface area (Å²) in [7, 11) is -3.02. The largest absolute Gasteiger partial charge is 0.315 e. The number of nitrogens with one attached hydrogen (secondary N) is 2. The van der Waals surface area contributed by atoms with Crippen molar-refractivity contribution in [3.63, 3.8) is 0 Å². The van der Waals surface area contributed by atoms with Gasteiger partial charge in [0.15, 0.2) is 0 Å². The van der Waals surface area contributed by atoms with E-state index in [1.165, 1.54) is 31.9 Å². The summed E-state index contributed by atoms with van der Waals surface area (Å²) in [5, 5.41) is 3.19.